The highest BCUT2D eigenvalue weighted by atomic mass is 16.7. The molecule has 78 valence electrons. The summed E-state index contributed by atoms with van der Waals surface area (Å²) >= 11 is 0. The van der Waals surface area contributed by atoms with Gasteiger partial charge in [0.2, 0.25) is 6.29 Å². The minimum atomic E-state index is -1.21. The zero-order valence-corrected chi connectivity index (χ0v) is 7.80. The first kappa shape index (κ1) is 12.4. The van der Waals surface area contributed by atoms with Crippen molar-refractivity contribution in [2.75, 3.05) is 6.61 Å². The van der Waals surface area contributed by atoms with Crippen molar-refractivity contribution in [3.63, 3.8) is 0 Å². The lowest BCUT2D eigenvalue weighted by Crippen LogP contribution is -2.16. The number of ether oxygens (including phenoxy) is 2. The molecule has 14 heavy (non-hydrogen) atoms. The molecule has 0 radical (unpaired) electrons. The van der Waals surface area contributed by atoms with Crippen LogP contribution in [0.2, 0.25) is 0 Å². The lowest BCUT2D eigenvalue weighted by Gasteiger charge is -2.10. The Labute approximate surface area is 81.6 Å². The van der Waals surface area contributed by atoms with Gasteiger partial charge >= 0.3 is 11.9 Å². The highest BCUT2D eigenvalue weighted by Crippen LogP contribution is 1.95. The third kappa shape index (κ3) is 7.05. The van der Waals surface area contributed by atoms with E-state index in [-0.39, 0.29) is 6.61 Å². The topological polar surface area (TPSA) is 72.8 Å². The van der Waals surface area contributed by atoms with Gasteiger partial charge in [0, 0.05) is 12.2 Å². The molecule has 0 aliphatic carbocycles. The van der Waals surface area contributed by atoms with E-state index in [9.17, 15) is 9.59 Å². The predicted octanol–water partition coefficient (Wildman–Crippen LogP) is 0.719. The first-order chi connectivity index (χ1) is 6.56. The molecule has 0 aromatic rings. The van der Waals surface area contributed by atoms with Crippen molar-refractivity contribution in [3.8, 4) is 0 Å². The van der Waals surface area contributed by atoms with Crippen molar-refractivity contribution in [2.24, 2.45) is 0 Å². The number of hydrogen-bond acceptors (Lipinski definition) is 4. The van der Waals surface area contributed by atoms with Crippen LogP contribution in [0.5, 0.6) is 0 Å². The Bertz CT molecular complexity index is 244. The molecule has 1 unspecified atom stereocenters. The van der Waals surface area contributed by atoms with E-state index in [4.69, 9.17) is 9.84 Å². The van der Waals surface area contributed by atoms with Crippen molar-refractivity contribution < 1.29 is 24.2 Å². The lowest BCUT2D eigenvalue weighted by molar-refractivity contribution is -0.166. The normalized spacial score (nSPS) is 12.4. The standard InChI is InChI=1S/C9H12O5/c1-3-6-13-7(2)14-9(12)5-4-8(10)11/h3-5,7H,1,6H2,2H3,(H,10,11). The summed E-state index contributed by atoms with van der Waals surface area (Å²) < 4.78 is 9.57. The van der Waals surface area contributed by atoms with E-state index < -0.39 is 18.2 Å². The molecule has 0 heterocycles. The van der Waals surface area contributed by atoms with Crippen LogP contribution in [0.3, 0.4) is 0 Å². The van der Waals surface area contributed by atoms with Gasteiger partial charge in [-0.15, -0.1) is 6.58 Å². The summed E-state index contributed by atoms with van der Waals surface area (Å²) in [5.74, 6) is -1.97. The molecule has 0 fully saturated rings. The summed E-state index contributed by atoms with van der Waals surface area (Å²) in [7, 11) is 0. The molecule has 5 nitrogen and oxygen atoms in total. The van der Waals surface area contributed by atoms with E-state index >= 15 is 0 Å². The molecule has 0 saturated carbocycles. The molecule has 0 saturated heterocycles. The molecule has 0 rings (SSSR count). The molecule has 0 spiro atoms. The van der Waals surface area contributed by atoms with Crippen molar-refractivity contribution in [1.82, 2.24) is 0 Å². The van der Waals surface area contributed by atoms with E-state index in [0.29, 0.717) is 6.08 Å². The Morgan fingerprint density at radius 2 is 2.14 bits per heavy atom. The fourth-order valence-electron chi connectivity index (χ4n) is 0.580. The van der Waals surface area contributed by atoms with Crippen LogP contribution >= 0.6 is 0 Å². The van der Waals surface area contributed by atoms with E-state index in [1.807, 2.05) is 0 Å². The first-order valence-electron chi connectivity index (χ1n) is 3.90. The molecule has 0 amide bonds. The fraction of sp³-hybridized carbons (Fsp3) is 0.333. The maximum Gasteiger partial charge on any atom is 0.333 e. The molecule has 1 N–H and O–H groups in total. The number of aliphatic carboxylic acids is 1. The van der Waals surface area contributed by atoms with Crippen LogP contribution in [0, 0.1) is 0 Å². The minimum absolute atomic E-state index is 0.261. The smallest absolute Gasteiger partial charge is 0.333 e. The number of rotatable bonds is 6. The van der Waals surface area contributed by atoms with Gasteiger partial charge in [-0.3, -0.25) is 0 Å². The van der Waals surface area contributed by atoms with E-state index in [2.05, 4.69) is 11.3 Å². The maximum absolute atomic E-state index is 10.8. The quantitative estimate of drug-likeness (QED) is 0.296. The van der Waals surface area contributed by atoms with E-state index in [0.717, 1.165) is 6.08 Å². The Kier molecular flexibility index (Phi) is 6.06. The molecule has 0 aromatic heterocycles. The van der Waals surface area contributed by atoms with Crippen LogP contribution in [0.15, 0.2) is 24.8 Å². The van der Waals surface area contributed by atoms with Gasteiger partial charge in [-0.25, -0.2) is 9.59 Å². The second kappa shape index (κ2) is 6.85. The second-order valence-corrected chi connectivity index (χ2v) is 2.30. The monoisotopic (exact) mass is 200 g/mol. The number of esters is 1. The zero-order valence-electron chi connectivity index (χ0n) is 7.80. The summed E-state index contributed by atoms with van der Waals surface area (Å²) in [6.07, 6.45) is 2.30. The molecule has 0 bridgehead atoms. The number of carboxylic acids is 1. The number of hydrogen-bond donors (Lipinski definition) is 1. The van der Waals surface area contributed by atoms with Gasteiger partial charge in [0.15, 0.2) is 0 Å². The lowest BCUT2D eigenvalue weighted by atomic mass is 10.5. The Balaban J connectivity index is 3.81. The third-order valence-electron chi connectivity index (χ3n) is 1.09. The van der Waals surface area contributed by atoms with Gasteiger partial charge < -0.3 is 14.6 Å². The summed E-state index contributed by atoms with van der Waals surface area (Å²) in [6.45, 7) is 5.20. The molecule has 0 aliphatic rings. The SMILES string of the molecule is C=CCOC(C)OC(=O)C=CC(=O)O. The zero-order chi connectivity index (χ0) is 11.0. The third-order valence-corrected chi connectivity index (χ3v) is 1.09. The second-order valence-electron chi connectivity index (χ2n) is 2.30. The Hall–Kier alpha value is -1.62. The minimum Gasteiger partial charge on any atom is -0.478 e. The number of carbonyl (C=O) groups excluding carboxylic acids is 1. The fourth-order valence-corrected chi connectivity index (χ4v) is 0.580. The largest absolute Gasteiger partial charge is 0.478 e. The average Bonchev–Trinajstić information content (AvgIpc) is 2.11. The van der Waals surface area contributed by atoms with Crippen LogP contribution in [0.25, 0.3) is 0 Å². The van der Waals surface area contributed by atoms with Crippen LogP contribution in [0.4, 0.5) is 0 Å². The molecule has 0 aliphatic heterocycles. The average molecular weight is 200 g/mol. The molecule has 1 atom stereocenters. The van der Waals surface area contributed by atoms with Gasteiger partial charge in [0.25, 0.3) is 0 Å². The van der Waals surface area contributed by atoms with Crippen molar-refractivity contribution in [1.29, 1.82) is 0 Å². The summed E-state index contributed by atoms with van der Waals surface area (Å²) in [6, 6.07) is 0. The van der Waals surface area contributed by atoms with Gasteiger partial charge in [-0.05, 0) is 6.92 Å². The predicted molar refractivity (Wildman–Crippen MR) is 48.5 cm³/mol. The van der Waals surface area contributed by atoms with E-state index in [1.165, 1.54) is 13.0 Å². The summed E-state index contributed by atoms with van der Waals surface area (Å²) in [5, 5.41) is 8.20. The Morgan fingerprint density at radius 3 is 2.64 bits per heavy atom. The van der Waals surface area contributed by atoms with Crippen LogP contribution in [-0.4, -0.2) is 29.9 Å². The van der Waals surface area contributed by atoms with Gasteiger partial charge in [0.05, 0.1) is 6.61 Å². The highest BCUT2D eigenvalue weighted by molar-refractivity contribution is 5.90. The van der Waals surface area contributed by atoms with Gasteiger partial charge in [-0.1, -0.05) is 6.08 Å². The Morgan fingerprint density at radius 1 is 1.50 bits per heavy atom. The van der Waals surface area contributed by atoms with Crippen LogP contribution < -0.4 is 0 Å². The molecular formula is C9H12O5. The molecule has 0 aromatic carbocycles. The van der Waals surface area contributed by atoms with Crippen LogP contribution in [0.1, 0.15) is 6.92 Å². The van der Waals surface area contributed by atoms with E-state index in [1.54, 1.807) is 0 Å². The number of carboxylic acid groups (broad SMARTS) is 1. The van der Waals surface area contributed by atoms with Crippen molar-refractivity contribution in [2.45, 2.75) is 13.2 Å². The summed E-state index contributed by atoms with van der Waals surface area (Å²) in [4.78, 5) is 20.9. The molecule has 5 heteroatoms. The van der Waals surface area contributed by atoms with Crippen molar-refractivity contribution >= 4 is 11.9 Å². The summed E-state index contributed by atoms with van der Waals surface area (Å²) in [5.41, 5.74) is 0. The van der Waals surface area contributed by atoms with Crippen LogP contribution in [-0.2, 0) is 19.1 Å². The highest BCUT2D eigenvalue weighted by Gasteiger charge is 2.05. The molecular weight excluding hydrogens is 188 g/mol. The number of carbonyl (C=O) groups is 2. The first-order valence-corrected chi connectivity index (χ1v) is 3.90. The van der Waals surface area contributed by atoms with Gasteiger partial charge in [0.1, 0.15) is 0 Å². The van der Waals surface area contributed by atoms with Crippen molar-refractivity contribution in [3.05, 3.63) is 24.8 Å². The van der Waals surface area contributed by atoms with Gasteiger partial charge in [-0.2, -0.15) is 0 Å². The maximum atomic E-state index is 10.8.